The van der Waals surface area contributed by atoms with E-state index in [0.717, 1.165) is 6.42 Å². The van der Waals surface area contributed by atoms with Gasteiger partial charge < -0.3 is 14.2 Å². The Labute approximate surface area is 83.3 Å². The van der Waals surface area contributed by atoms with Gasteiger partial charge in [0, 0.05) is 6.92 Å². The molecule has 0 heterocycles. The van der Waals surface area contributed by atoms with Crippen LogP contribution in [0.15, 0.2) is 0 Å². The average Bonchev–Trinajstić information content (AvgIpc) is 2.13. The lowest BCUT2D eigenvalue weighted by Crippen LogP contribution is -2.16. The van der Waals surface area contributed by atoms with Crippen molar-refractivity contribution in [1.82, 2.24) is 0 Å². The van der Waals surface area contributed by atoms with Gasteiger partial charge in [-0.1, -0.05) is 6.92 Å². The van der Waals surface area contributed by atoms with Crippen LogP contribution in [0.4, 0.5) is 0 Å². The Kier molecular flexibility index (Phi) is 7.83. The Hall–Kier alpha value is -1.10. The first-order valence-corrected chi connectivity index (χ1v) is 4.53. The van der Waals surface area contributed by atoms with Crippen molar-refractivity contribution in [3.63, 3.8) is 0 Å². The van der Waals surface area contributed by atoms with Crippen LogP contribution in [0.3, 0.4) is 0 Å². The predicted molar refractivity (Wildman–Crippen MR) is 48.7 cm³/mol. The van der Waals surface area contributed by atoms with Crippen molar-refractivity contribution < 1.29 is 23.8 Å². The largest absolute Gasteiger partial charge is 0.464 e. The quantitative estimate of drug-likeness (QED) is 0.447. The van der Waals surface area contributed by atoms with Crippen LogP contribution in [-0.2, 0) is 23.8 Å². The van der Waals surface area contributed by atoms with E-state index in [4.69, 9.17) is 9.47 Å². The molecule has 0 aromatic carbocycles. The van der Waals surface area contributed by atoms with Crippen molar-refractivity contribution in [2.24, 2.45) is 0 Å². The van der Waals surface area contributed by atoms with Crippen LogP contribution in [0, 0.1) is 0 Å². The molecule has 0 saturated heterocycles. The summed E-state index contributed by atoms with van der Waals surface area (Å²) in [5.41, 5.74) is 0. The van der Waals surface area contributed by atoms with Crippen LogP contribution >= 0.6 is 0 Å². The Bertz CT molecular complexity index is 178. The SMILES string of the molecule is CCCOC(=O)COCCOC(C)=O. The lowest BCUT2D eigenvalue weighted by atomic mass is 10.5. The van der Waals surface area contributed by atoms with Gasteiger partial charge in [-0.3, -0.25) is 4.79 Å². The summed E-state index contributed by atoms with van der Waals surface area (Å²) in [5, 5.41) is 0. The number of esters is 2. The Morgan fingerprint density at radius 3 is 2.36 bits per heavy atom. The second-order valence-electron chi connectivity index (χ2n) is 2.61. The standard InChI is InChI=1S/C9H16O5/c1-3-4-14-9(11)7-12-5-6-13-8(2)10/h3-7H2,1-2H3. The fourth-order valence-corrected chi connectivity index (χ4v) is 0.657. The molecule has 0 N–H and O–H groups in total. The first-order valence-electron chi connectivity index (χ1n) is 4.53. The molecule has 0 unspecified atom stereocenters. The Balaban J connectivity index is 3.19. The zero-order valence-electron chi connectivity index (χ0n) is 8.58. The van der Waals surface area contributed by atoms with Gasteiger partial charge in [0.1, 0.15) is 13.2 Å². The molecule has 82 valence electrons. The van der Waals surface area contributed by atoms with Crippen molar-refractivity contribution >= 4 is 11.9 Å². The van der Waals surface area contributed by atoms with Crippen LogP contribution in [-0.4, -0.2) is 38.4 Å². The maximum atomic E-state index is 10.8. The van der Waals surface area contributed by atoms with Gasteiger partial charge in [-0.05, 0) is 6.42 Å². The summed E-state index contributed by atoms with van der Waals surface area (Å²) in [7, 11) is 0. The molecule has 0 bridgehead atoms. The van der Waals surface area contributed by atoms with Gasteiger partial charge in [0.15, 0.2) is 0 Å². The van der Waals surface area contributed by atoms with E-state index < -0.39 is 5.97 Å². The first kappa shape index (κ1) is 12.9. The van der Waals surface area contributed by atoms with E-state index in [9.17, 15) is 9.59 Å². The molecule has 0 atom stereocenters. The summed E-state index contributed by atoms with van der Waals surface area (Å²) in [6, 6.07) is 0. The molecular weight excluding hydrogens is 188 g/mol. The lowest BCUT2D eigenvalue weighted by Gasteiger charge is -2.04. The first-order chi connectivity index (χ1) is 6.66. The fraction of sp³-hybridized carbons (Fsp3) is 0.778. The molecule has 0 fully saturated rings. The van der Waals surface area contributed by atoms with E-state index in [2.05, 4.69) is 4.74 Å². The number of hydrogen-bond donors (Lipinski definition) is 0. The maximum absolute atomic E-state index is 10.8. The summed E-state index contributed by atoms with van der Waals surface area (Å²) in [6.07, 6.45) is 0.791. The number of carbonyl (C=O) groups excluding carboxylic acids is 2. The van der Waals surface area contributed by atoms with Gasteiger partial charge in [-0.2, -0.15) is 0 Å². The zero-order chi connectivity index (χ0) is 10.8. The minimum absolute atomic E-state index is 0.0960. The zero-order valence-corrected chi connectivity index (χ0v) is 8.58. The Morgan fingerprint density at radius 2 is 1.79 bits per heavy atom. The second kappa shape index (κ2) is 8.50. The molecule has 0 aromatic heterocycles. The summed E-state index contributed by atoms with van der Waals surface area (Å²) < 4.78 is 14.2. The van der Waals surface area contributed by atoms with Gasteiger partial charge in [0.2, 0.25) is 0 Å². The van der Waals surface area contributed by atoms with Gasteiger partial charge in [0.05, 0.1) is 13.2 Å². The number of carbonyl (C=O) groups is 2. The second-order valence-corrected chi connectivity index (χ2v) is 2.61. The smallest absolute Gasteiger partial charge is 0.332 e. The molecule has 0 aliphatic rings. The molecule has 0 rings (SSSR count). The minimum atomic E-state index is -0.394. The van der Waals surface area contributed by atoms with Crippen LogP contribution in [0.1, 0.15) is 20.3 Å². The number of rotatable bonds is 7. The van der Waals surface area contributed by atoms with Crippen molar-refractivity contribution in [3.05, 3.63) is 0 Å². The number of ether oxygens (including phenoxy) is 3. The summed E-state index contributed by atoms with van der Waals surface area (Å²) in [4.78, 5) is 21.2. The van der Waals surface area contributed by atoms with Gasteiger partial charge in [-0.25, -0.2) is 4.79 Å². The molecular formula is C9H16O5. The summed E-state index contributed by atoms with van der Waals surface area (Å²) in [5.74, 6) is -0.753. The molecule has 5 nitrogen and oxygen atoms in total. The third kappa shape index (κ3) is 8.99. The van der Waals surface area contributed by atoms with Crippen LogP contribution in [0.2, 0.25) is 0 Å². The topological polar surface area (TPSA) is 61.8 Å². The van der Waals surface area contributed by atoms with Crippen molar-refractivity contribution in [2.45, 2.75) is 20.3 Å². The molecule has 0 aliphatic heterocycles. The molecule has 0 radical (unpaired) electrons. The molecule has 14 heavy (non-hydrogen) atoms. The van der Waals surface area contributed by atoms with E-state index in [-0.39, 0.29) is 25.8 Å². The highest BCUT2D eigenvalue weighted by Crippen LogP contribution is 1.85. The average molecular weight is 204 g/mol. The molecule has 5 heteroatoms. The van der Waals surface area contributed by atoms with Crippen molar-refractivity contribution in [3.8, 4) is 0 Å². The normalized spacial score (nSPS) is 9.57. The lowest BCUT2D eigenvalue weighted by molar-refractivity contribution is -0.150. The van der Waals surface area contributed by atoms with Crippen molar-refractivity contribution in [2.75, 3.05) is 26.4 Å². The van der Waals surface area contributed by atoms with E-state index in [0.29, 0.717) is 6.61 Å². The third-order valence-corrected chi connectivity index (χ3v) is 1.22. The number of hydrogen-bond acceptors (Lipinski definition) is 5. The molecule has 0 amide bonds. The van der Waals surface area contributed by atoms with Crippen molar-refractivity contribution in [1.29, 1.82) is 0 Å². The highest BCUT2D eigenvalue weighted by atomic mass is 16.6. The fourth-order valence-electron chi connectivity index (χ4n) is 0.657. The highest BCUT2D eigenvalue weighted by molar-refractivity contribution is 5.70. The summed E-state index contributed by atoms with van der Waals surface area (Å²) >= 11 is 0. The summed E-state index contributed by atoms with van der Waals surface area (Å²) in [6.45, 7) is 3.91. The van der Waals surface area contributed by atoms with Crippen LogP contribution in [0.5, 0.6) is 0 Å². The minimum Gasteiger partial charge on any atom is -0.464 e. The Morgan fingerprint density at radius 1 is 1.07 bits per heavy atom. The molecule has 0 aliphatic carbocycles. The van der Waals surface area contributed by atoms with E-state index in [1.807, 2.05) is 6.92 Å². The van der Waals surface area contributed by atoms with E-state index in [1.165, 1.54) is 6.92 Å². The molecule has 0 aromatic rings. The van der Waals surface area contributed by atoms with Crippen LogP contribution < -0.4 is 0 Å². The predicted octanol–water partition coefficient (Wildman–Crippen LogP) is 0.519. The van der Waals surface area contributed by atoms with E-state index >= 15 is 0 Å². The third-order valence-electron chi connectivity index (χ3n) is 1.22. The maximum Gasteiger partial charge on any atom is 0.332 e. The highest BCUT2D eigenvalue weighted by Gasteiger charge is 2.01. The monoisotopic (exact) mass is 204 g/mol. The van der Waals surface area contributed by atoms with Gasteiger partial charge in [-0.15, -0.1) is 0 Å². The van der Waals surface area contributed by atoms with Gasteiger partial charge in [0.25, 0.3) is 0 Å². The molecule has 0 spiro atoms. The van der Waals surface area contributed by atoms with Crippen LogP contribution in [0.25, 0.3) is 0 Å². The molecule has 0 saturated carbocycles. The van der Waals surface area contributed by atoms with E-state index in [1.54, 1.807) is 0 Å². The van der Waals surface area contributed by atoms with Gasteiger partial charge >= 0.3 is 11.9 Å².